The Morgan fingerprint density at radius 1 is 1.05 bits per heavy atom. The van der Waals surface area contributed by atoms with Crippen LogP contribution in [0.25, 0.3) is 0 Å². The third-order valence-electron chi connectivity index (χ3n) is 2.51. The maximum Gasteiger partial charge on any atom is 0.269 e. The number of carbonyl (C=O) groups is 3. The van der Waals surface area contributed by atoms with E-state index >= 15 is 0 Å². The molecule has 0 saturated carbocycles. The highest BCUT2D eigenvalue weighted by Gasteiger charge is 2.21. The van der Waals surface area contributed by atoms with Crippen LogP contribution in [0.4, 0.5) is 0 Å². The Morgan fingerprint density at radius 3 is 2.14 bits per heavy atom. The Balaban J connectivity index is 2.38. The van der Waals surface area contributed by atoms with Crippen molar-refractivity contribution in [3.05, 3.63) is 34.9 Å². The largest absolute Gasteiger partial charge is 0.347 e. The van der Waals surface area contributed by atoms with Crippen molar-refractivity contribution in [2.45, 2.75) is 20.8 Å². The molecule has 1 aromatic rings. The van der Waals surface area contributed by atoms with Crippen molar-refractivity contribution in [3.8, 4) is 0 Å². The van der Waals surface area contributed by atoms with Gasteiger partial charge in [-0.15, -0.1) is 0 Å². The summed E-state index contributed by atoms with van der Waals surface area (Å²) in [6.07, 6.45) is 0. The van der Waals surface area contributed by atoms with Crippen LogP contribution in [-0.4, -0.2) is 24.3 Å². The second kappa shape index (κ2) is 7.08. The first kappa shape index (κ1) is 17.0. The van der Waals surface area contributed by atoms with Crippen LogP contribution >= 0.6 is 11.6 Å². The lowest BCUT2D eigenvalue weighted by Crippen LogP contribution is -2.47. The Morgan fingerprint density at radius 2 is 1.62 bits per heavy atom. The standard InChI is InChI=1S/C14H18ClN3O3/c1-14(2,3)13(21)16-8-11(19)17-18-12(20)9-4-6-10(15)7-5-9/h4-7H,8H2,1-3H3,(H,16,21)(H,17,19)(H,18,20). The maximum atomic E-state index is 11.7. The second-order valence-corrected chi connectivity index (χ2v) is 5.88. The van der Waals surface area contributed by atoms with Crippen LogP contribution < -0.4 is 16.2 Å². The summed E-state index contributed by atoms with van der Waals surface area (Å²) in [5.74, 6) is -1.24. The van der Waals surface area contributed by atoms with Gasteiger partial charge in [0.1, 0.15) is 0 Å². The third kappa shape index (κ3) is 5.83. The van der Waals surface area contributed by atoms with Crippen molar-refractivity contribution in [2.75, 3.05) is 6.54 Å². The minimum absolute atomic E-state index is 0.211. The molecule has 1 aromatic carbocycles. The van der Waals surface area contributed by atoms with Gasteiger partial charge in [-0.3, -0.25) is 25.2 Å². The van der Waals surface area contributed by atoms with E-state index in [1.807, 2.05) is 0 Å². The molecular weight excluding hydrogens is 294 g/mol. The summed E-state index contributed by atoms with van der Waals surface area (Å²) in [5, 5.41) is 2.99. The molecule has 0 spiro atoms. The van der Waals surface area contributed by atoms with E-state index in [-0.39, 0.29) is 12.5 Å². The quantitative estimate of drug-likeness (QED) is 0.734. The first-order valence-corrected chi connectivity index (χ1v) is 6.71. The van der Waals surface area contributed by atoms with Gasteiger partial charge in [-0.2, -0.15) is 0 Å². The minimum atomic E-state index is -0.577. The fourth-order valence-corrected chi connectivity index (χ4v) is 1.40. The van der Waals surface area contributed by atoms with Crippen LogP contribution in [-0.2, 0) is 9.59 Å². The molecule has 7 heteroatoms. The molecule has 0 aliphatic carbocycles. The average Bonchev–Trinajstić information content (AvgIpc) is 2.41. The van der Waals surface area contributed by atoms with Gasteiger partial charge in [0.05, 0.1) is 6.54 Å². The Labute approximate surface area is 128 Å². The van der Waals surface area contributed by atoms with Gasteiger partial charge in [-0.25, -0.2) is 0 Å². The number of amides is 3. The summed E-state index contributed by atoms with van der Waals surface area (Å²) in [4.78, 5) is 34.8. The van der Waals surface area contributed by atoms with E-state index in [9.17, 15) is 14.4 Å². The lowest BCUT2D eigenvalue weighted by atomic mass is 9.96. The summed E-state index contributed by atoms with van der Waals surface area (Å²) in [7, 11) is 0. The highest BCUT2D eigenvalue weighted by atomic mass is 35.5. The van der Waals surface area contributed by atoms with Crippen LogP contribution in [0.3, 0.4) is 0 Å². The van der Waals surface area contributed by atoms with Gasteiger partial charge in [0, 0.05) is 16.0 Å². The van der Waals surface area contributed by atoms with Crippen LogP contribution in [0.2, 0.25) is 5.02 Å². The maximum absolute atomic E-state index is 11.7. The van der Waals surface area contributed by atoms with E-state index in [0.717, 1.165) is 0 Å². The average molecular weight is 312 g/mol. The number of rotatable bonds is 3. The molecule has 0 bridgehead atoms. The number of hydrogen-bond donors (Lipinski definition) is 3. The molecule has 0 saturated heterocycles. The van der Waals surface area contributed by atoms with Gasteiger partial charge in [-0.1, -0.05) is 32.4 Å². The van der Waals surface area contributed by atoms with Crippen molar-refractivity contribution in [2.24, 2.45) is 5.41 Å². The number of carbonyl (C=O) groups excluding carboxylic acids is 3. The van der Waals surface area contributed by atoms with E-state index in [0.29, 0.717) is 10.6 Å². The number of nitrogens with one attached hydrogen (secondary N) is 3. The van der Waals surface area contributed by atoms with E-state index in [4.69, 9.17) is 11.6 Å². The SMILES string of the molecule is CC(C)(C)C(=O)NCC(=O)NNC(=O)c1ccc(Cl)cc1. The molecule has 114 valence electrons. The first-order chi connectivity index (χ1) is 9.70. The molecule has 0 aromatic heterocycles. The van der Waals surface area contributed by atoms with Crippen molar-refractivity contribution >= 4 is 29.3 Å². The minimum Gasteiger partial charge on any atom is -0.347 e. The molecular formula is C14H18ClN3O3. The molecule has 0 radical (unpaired) electrons. The molecule has 0 atom stereocenters. The van der Waals surface area contributed by atoms with Gasteiger partial charge in [0.2, 0.25) is 5.91 Å². The zero-order chi connectivity index (χ0) is 16.0. The fraction of sp³-hybridized carbons (Fsp3) is 0.357. The van der Waals surface area contributed by atoms with Gasteiger partial charge >= 0.3 is 0 Å². The number of halogens is 1. The topological polar surface area (TPSA) is 87.3 Å². The van der Waals surface area contributed by atoms with E-state index in [1.54, 1.807) is 32.9 Å². The highest BCUT2D eigenvalue weighted by molar-refractivity contribution is 6.30. The molecule has 0 aliphatic rings. The van der Waals surface area contributed by atoms with Crippen LogP contribution in [0.1, 0.15) is 31.1 Å². The van der Waals surface area contributed by atoms with Crippen molar-refractivity contribution < 1.29 is 14.4 Å². The Hall–Kier alpha value is -2.08. The van der Waals surface area contributed by atoms with Gasteiger partial charge in [0.15, 0.2) is 0 Å². The van der Waals surface area contributed by atoms with Crippen LogP contribution in [0, 0.1) is 5.41 Å². The molecule has 0 heterocycles. The van der Waals surface area contributed by atoms with Gasteiger partial charge in [-0.05, 0) is 24.3 Å². The molecule has 3 N–H and O–H groups in total. The van der Waals surface area contributed by atoms with Crippen LogP contribution in [0.15, 0.2) is 24.3 Å². The van der Waals surface area contributed by atoms with E-state index in [1.165, 1.54) is 12.1 Å². The highest BCUT2D eigenvalue weighted by Crippen LogP contribution is 2.11. The summed E-state index contributed by atoms with van der Waals surface area (Å²) in [6, 6.07) is 6.21. The summed E-state index contributed by atoms with van der Waals surface area (Å²) < 4.78 is 0. The third-order valence-corrected chi connectivity index (χ3v) is 2.76. The summed E-state index contributed by atoms with van der Waals surface area (Å²) in [6.45, 7) is 5.00. The zero-order valence-electron chi connectivity index (χ0n) is 12.1. The molecule has 0 unspecified atom stereocenters. The van der Waals surface area contributed by atoms with E-state index < -0.39 is 17.2 Å². The molecule has 3 amide bonds. The number of benzene rings is 1. The molecule has 0 aliphatic heterocycles. The fourth-order valence-electron chi connectivity index (χ4n) is 1.27. The smallest absolute Gasteiger partial charge is 0.269 e. The van der Waals surface area contributed by atoms with Crippen molar-refractivity contribution in [1.82, 2.24) is 16.2 Å². The lowest BCUT2D eigenvalue weighted by Gasteiger charge is -2.17. The van der Waals surface area contributed by atoms with Gasteiger partial charge in [0.25, 0.3) is 11.8 Å². The zero-order valence-corrected chi connectivity index (χ0v) is 12.9. The predicted molar refractivity (Wildman–Crippen MR) is 79.5 cm³/mol. The lowest BCUT2D eigenvalue weighted by molar-refractivity contribution is -0.131. The molecule has 1 rings (SSSR count). The van der Waals surface area contributed by atoms with Crippen LogP contribution in [0.5, 0.6) is 0 Å². The molecule has 6 nitrogen and oxygen atoms in total. The summed E-state index contributed by atoms with van der Waals surface area (Å²) in [5.41, 5.74) is 4.25. The molecule has 0 fully saturated rings. The monoisotopic (exact) mass is 311 g/mol. The predicted octanol–water partition coefficient (Wildman–Crippen LogP) is 1.26. The Bertz CT molecular complexity index is 535. The normalized spacial score (nSPS) is 10.7. The van der Waals surface area contributed by atoms with Gasteiger partial charge < -0.3 is 5.32 Å². The van der Waals surface area contributed by atoms with E-state index in [2.05, 4.69) is 16.2 Å². The first-order valence-electron chi connectivity index (χ1n) is 6.33. The molecule has 21 heavy (non-hydrogen) atoms. The number of hydrazine groups is 1. The van der Waals surface area contributed by atoms with Crippen molar-refractivity contribution in [3.63, 3.8) is 0 Å². The second-order valence-electron chi connectivity index (χ2n) is 5.44. The Kier molecular flexibility index (Phi) is 5.72. The van der Waals surface area contributed by atoms with Crippen molar-refractivity contribution in [1.29, 1.82) is 0 Å². The number of hydrogen-bond acceptors (Lipinski definition) is 3. The summed E-state index contributed by atoms with van der Waals surface area (Å²) >= 11 is 5.71.